The minimum absolute atomic E-state index is 0.00600. The van der Waals surface area contributed by atoms with E-state index in [1.54, 1.807) is 13.8 Å². The maximum absolute atomic E-state index is 11.9. The molecular formula is C10H16N4O4. The number of aromatic nitrogens is 2. The third-order valence-corrected chi connectivity index (χ3v) is 2.53. The molecule has 0 aliphatic carbocycles. The number of nitrogens with zero attached hydrogens (tertiary/aromatic N) is 3. The van der Waals surface area contributed by atoms with E-state index in [2.05, 4.69) is 10.4 Å². The van der Waals surface area contributed by atoms with Crippen molar-refractivity contribution in [2.24, 2.45) is 0 Å². The average Bonchev–Trinajstić information content (AvgIpc) is 2.79. The van der Waals surface area contributed by atoms with Gasteiger partial charge in [0.2, 0.25) is 5.91 Å². The van der Waals surface area contributed by atoms with Crippen molar-refractivity contribution >= 4 is 11.6 Å². The monoisotopic (exact) mass is 256 g/mol. The number of carbonyl (C=O) groups is 1. The first-order valence-electron chi connectivity index (χ1n) is 5.48. The summed E-state index contributed by atoms with van der Waals surface area (Å²) in [6, 6.07) is 0. The second-order valence-electron chi connectivity index (χ2n) is 4.29. The molecule has 1 heterocycles. The quantitative estimate of drug-likeness (QED) is 0.423. The lowest BCUT2D eigenvalue weighted by Gasteiger charge is -2.23. The molecule has 0 spiro atoms. The average molecular weight is 256 g/mol. The Labute approximate surface area is 104 Å². The van der Waals surface area contributed by atoms with Crippen LogP contribution in [0.15, 0.2) is 12.4 Å². The summed E-state index contributed by atoms with van der Waals surface area (Å²) in [5.74, 6) is -0.311. The molecule has 100 valence electrons. The van der Waals surface area contributed by atoms with Crippen LogP contribution >= 0.6 is 0 Å². The van der Waals surface area contributed by atoms with Crippen molar-refractivity contribution in [1.82, 2.24) is 15.1 Å². The van der Waals surface area contributed by atoms with Crippen LogP contribution in [0.5, 0.6) is 0 Å². The first kappa shape index (κ1) is 14.1. The Hall–Kier alpha value is -1.96. The van der Waals surface area contributed by atoms with E-state index in [1.807, 2.05) is 0 Å². The van der Waals surface area contributed by atoms with E-state index in [-0.39, 0.29) is 18.2 Å². The molecule has 0 radical (unpaired) electrons. The molecule has 0 fully saturated rings. The Morgan fingerprint density at radius 1 is 1.67 bits per heavy atom. The van der Waals surface area contributed by atoms with Crippen molar-refractivity contribution in [2.75, 3.05) is 13.2 Å². The van der Waals surface area contributed by atoms with Crippen molar-refractivity contribution < 1.29 is 14.8 Å². The molecule has 0 aliphatic heterocycles. The zero-order valence-corrected chi connectivity index (χ0v) is 10.3. The summed E-state index contributed by atoms with van der Waals surface area (Å²) in [4.78, 5) is 21.9. The smallest absolute Gasteiger partial charge is 0.307 e. The van der Waals surface area contributed by atoms with Crippen LogP contribution in [0.2, 0.25) is 0 Å². The predicted molar refractivity (Wildman–Crippen MR) is 62.9 cm³/mol. The lowest BCUT2D eigenvalue weighted by Crippen LogP contribution is -2.45. The number of aliphatic hydroxyl groups is 1. The van der Waals surface area contributed by atoms with Crippen molar-refractivity contribution in [2.45, 2.75) is 25.8 Å². The highest BCUT2D eigenvalue weighted by molar-refractivity contribution is 5.83. The van der Waals surface area contributed by atoms with E-state index >= 15 is 0 Å². The standard InChI is InChI=1S/C10H16N4O4/c1-10(2,9(16)11-4-3-5-15)13-7-8(6-12-13)14(17)18/h6-7,15H,3-5H2,1-2H3,(H,11,16). The number of nitro groups is 1. The van der Waals surface area contributed by atoms with Crippen LogP contribution < -0.4 is 5.32 Å². The zero-order chi connectivity index (χ0) is 13.8. The molecule has 0 unspecified atom stereocenters. The maximum atomic E-state index is 11.9. The normalized spacial score (nSPS) is 11.3. The van der Waals surface area contributed by atoms with Gasteiger partial charge in [-0.3, -0.25) is 19.6 Å². The van der Waals surface area contributed by atoms with Gasteiger partial charge in [-0.25, -0.2) is 0 Å². The van der Waals surface area contributed by atoms with Gasteiger partial charge in [0.05, 0.1) is 4.92 Å². The van der Waals surface area contributed by atoms with Crippen LogP contribution in [0.4, 0.5) is 5.69 Å². The van der Waals surface area contributed by atoms with Crippen LogP contribution in [0.25, 0.3) is 0 Å². The number of carbonyl (C=O) groups excluding carboxylic acids is 1. The molecule has 0 aromatic carbocycles. The number of hydrogen-bond acceptors (Lipinski definition) is 5. The highest BCUT2D eigenvalue weighted by Gasteiger charge is 2.31. The van der Waals surface area contributed by atoms with E-state index < -0.39 is 10.5 Å². The fourth-order valence-corrected chi connectivity index (χ4v) is 1.31. The number of hydrogen-bond donors (Lipinski definition) is 2. The van der Waals surface area contributed by atoms with Gasteiger partial charge in [-0.05, 0) is 20.3 Å². The van der Waals surface area contributed by atoms with Crippen molar-refractivity contribution in [3.05, 3.63) is 22.5 Å². The van der Waals surface area contributed by atoms with E-state index in [4.69, 9.17) is 5.11 Å². The number of aliphatic hydroxyl groups excluding tert-OH is 1. The van der Waals surface area contributed by atoms with Gasteiger partial charge in [-0.1, -0.05) is 0 Å². The summed E-state index contributed by atoms with van der Waals surface area (Å²) >= 11 is 0. The van der Waals surface area contributed by atoms with Gasteiger partial charge < -0.3 is 10.4 Å². The molecule has 0 saturated heterocycles. The summed E-state index contributed by atoms with van der Waals surface area (Å²) in [7, 11) is 0. The summed E-state index contributed by atoms with van der Waals surface area (Å²) < 4.78 is 1.25. The third kappa shape index (κ3) is 3.04. The first-order chi connectivity index (χ1) is 8.39. The Bertz CT molecular complexity index is 441. The van der Waals surface area contributed by atoms with Crippen LogP contribution in [0, 0.1) is 10.1 Å². The number of amides is 1. The highest BCUT2D eigenvalue weighted by atomic mass is 16.6. The second-order valence-corrected chi connectivity index (χ2v) is 4.29. The summed E-state index contributed by atoms with van der Waals surface area (Å²) in [6.45, 7) is 3.56. The fraction of sp³-hybridized carbons (Fsp3) is 0.600. The Morgan fingerprint density at radius 2 is 2.33 bits per heavy atom. The minimum Gasteiger partial charge on any atom is -0.396 e. The highest BCUT2D eigenvalue weighted by Crippen LogP contribution is 2.18. The molecule has 8 nitrogen and oxygen atoms in total. The molecule has 1 amide bonds. The van der Waals surface area contributed by atoms with E-state index in [0.717, 1.165) is 6.20 Å². The van der Waals surface area contributed by atoms with Crippen LogP contribution in [-0.4, -0.2) is 38.9 Å². The molecule has 0 bridgehead atoms. The topological polar surface area (TPSA) is 110 Å². The van der Waals surface area contributed by atoms with Gasteiger partial charge in [0, 0.05) is 13.2 Å². The lowest BCUT2D eigenvalue weighted by molar-refractivity contribution is -0.385. The molecule has 8 heteroatoms. The molecule has 1 aromatic rings. The van der Waals surface area contributed by atoms with E-state index in [0.29, 0.717) is 13.0 Å². The summed E-state index contributed by atoms with van der Waals surface area (Å²) in [5, 5.41) is 25.6. The van der Waals surface area contributed by atoms with Gasteiger partial charge in [0.25, 0.3) is 0 Å². The van der Waals surface area contributed by atoms with Gasteiger partial charge in [-0.2, -0.15) is 5.10 Å². The van der Waals surface area contributed by atoms with Gasteiger partial charge in [0.15, 0.2) is 0 Å². The van der Waals surface area contributed by atoms with Gasteiger partial charge in [-0.15, -0.1) is 0 Å². The molecule has 0 aliphatic rings. The lowest BCUT2D eigenvalue weighted by atomic mass is 10.1. The zero-order valence-electron chi connectivity index (χ0n) is 10.3. The molecule has 0 atom stereocenters. The first-order valence-corrected chi connectivity index (χ1v) is 5.48. The van der Waals surface area contributed by atoms with E-state index in [1.165, 1.54) is 10.9 Å². The van der Waals surface area contributed by atoms with Crippen LogP contribution in [-0.2, 0) is 10.3 Å². The Morgan fingerprint density at radius 3 is 2.83 bits per heavy atom. The third-order valence-electron chi connectivity index (χ3n) is 2.53. The predicted octanol–water partition coefficient (Wildman–Crippen LogP) is 0.0250. The van der Waals surface area contributed by atoms with Crippen LogP contribution in [0.3, 0.4) is 0 Å². The fourth-order valence-electron chi connectivity index (χ4n) is 1.31. The van der Waals surface area contributed by atoms with Gasteiger partial charge in [0.1, 0.15) is 17.9 Å². The number of rotatable bonds is 6. The minimum atomic E-state index is -1.02. The molecular weight excluding hydrogens is 240 g/mol. The maximum Gasteiger partial charge on any atom is 0.307 e. The summed E-state index contributed by atoms with van der Waals surface area (Å²) in [5.41, 5.74) is -1.18. The number of nitrogens with one attached hydrogen (secondary N) is 1. The van der Waals surface area contributed by atoms with Crippen molar-refractivity contribution in [3.63, 3.8) is 0 Å². The van der Waals surface area contributed by atoms with E-state index in [9.17, 15) is 14.9 Å². The van der Waals surface area contributed by atoms with Crippen molar-refractivity contribution in [1.29, 1.82) is 0 Å². The second kappa shape index (κ2) is 5.58. The molecule has 18 heavy (non-hydrogen) atoms. The van der Waals surface area contributed by atoms with Crippen molar-refractivity contribution in [3.8, 4) is 0 Å². The molecule has 0 saturated carbocycles. The molecule has 2 N–H and O–H groups in total. The molecule has 1 rings (SSSR count). The largest absolute Gasteiger partial charge is 0.396 e. The van der Waals surface area contributed by atoms with Crippen LogP contribution in [0.1, 0.15) is 20.3 Å². The SMILES string of the molecule is CC(C)(C(=O)NCCCO)n1cc([N+](=O)[O-])cn1. The van der Waals surface area contributed by atoms with Gasteiger partial charge >= 0.3 is 5.69 Å². The Kier molecular flexibility index (Phi) is 4.38. The Balaban J connectivity index is 2.77. The summed E-state index contributed by atoms with van der Waals surface area (Å²) in [6.07, 6.45) is 2.77. The molecule has 1 aromatic heterocycles.